The third-order valence-corrected chi connectivity index (χ3v) is 3.04. The SMILES string of the molecule is O=C[C@H]1C[C@@H](OCc2ccccc2)CN1C(=O)O. The molecule has 0 saturated carbocycles. The molecule has 1 aromatic rings. The van der Waals surface area contributed by atoms with Crippen LogP contribution in [0.15, 0.2) is 30.3 Å². The van der Waals surface area contributed by atoms with Crippen LogP contribution in [0.4, 0.5) is 4.79 Å². The maximum Gasteiger partial charge on any atom is 0.407 e. The highest BCUT2D eigenvalue weighted by molar-refractivity contribution is 5.72. The van der Waals surface area contributed by atoms with E-state index in [2.05, 4.69) is 0 Å². The fraction of sp³-hybridized carbons (Fsp3) is 0.385. The largest absolute Gasteiger partial charge is 0.465 e. The van der Waals surface area contributed by atoms with E-state index in [0.717, 1.165) is 10.5 Å². The summed E-state index contributed by atoms with van der Waals surface area (Å²) in [4.78, 5) is 22.8. The third kappa shape index (κ3) is 2.87. The number of likely N-dealkylation sites (tertiary alicyclic amines) is 1. The number of rotatable bonds is 4. The van der Waals surface area contributed by atoms with Gasteiger partial charge in [-0.3, -0.25) is 4.90 Å². The van der Waals surface area contributed by atoms with Crippen LogP contribution in [-0.4, -0.2) is 41.1 Å². The molecule has 5 nitrogen and oxygen atoms in total. The van der Waals surface area contributed by atoms with E-state index in [-0.39, 0.29) is 12.6 Å². The molecule has 1 amide bonds. The number of benzene rings is 1. The first-order valence-corrected chi connectivity index (χ1v) is 5.81. The Morgan fingerprint density at radius 3 is 2.72 bits per heavy atom. The van der Waals surface area contributed by atoms with E-state index in [9.17, 15) is 9.59 Å². The summed E-state index contributed by atoms with van der Waals surface area (Å²) >= 11 is 0. The second-order valence-electron chi connectivity index (χ2n) is 4.29. The number of carbonyl (C=O) groups is 2. The molecule has 1 aromatic carbocycles. The van der Waals surface area contributed by atoms with Gasteiger partial charge in [0.2, 0.25) is 0 Å². The second kappa shape index (κ2) is 5.64. The maximum atomic E-state index is 10.9. The van der Waals surface area contributed by atoms with Crippen molar-refractivity contribution in [2.24, 2.45) is 0 Å². The fourth-order valence-corrected chi connectivity index (χ4v) is 2.08. The van der Waals surface area contributed by atoms with Gasteiger partial charge < -0.3 is 14.6 Å². The molecule has 1 N–H and O–H groups in total. The molecule has 0 bridgehead atoms. The average molecular weight is 249 g/mol. The lowest BCUT2D eigenvalue weighted by Gasteiger charge is -2.15. The normalized spacial score (nSPS) is 23.0. The zero-order valence-corrected chi connectivity index (χ0v) is 9.86. The molecule has 1 heterocycles. The Morgan fingerprint density at radius 1 is 1.44 bits per heavy atom. The van der Waals surface area contributed by atoms with E-state index < -0.39 is 12.1 Å². The van der Waals surface area contributed by atoms with Gasteiger partial charge in [0.1, 0.15) is 6.29 Å². The van der Waals surface area contributed by atoms with Crippen LogP contribution >= 0.6 is 0 Å². The summed E-state index contributed by atoms with van der Waals surface area (Å²) in [5.41, 5.74) is 1.04. The molecule has 0 radical (unpaired) electrons. The Labute approximate surface area is 105 Å². The monoisotopic (exact) mass is 249 g/mol. The van der Waals surface area contributed by atoms with E-state index in [1.54, 1.807) is 0 Å². The summed E-state index contributed by atoms with van der Waals surface area (Å²) in [7, 11) is 0. The molecule has 0 unspecified atom stereocenters. The summed E-state index contributed by atoms with van der Waals surface area (Å²) in [5, 5.41) is 8.93. The first-order chi connectivity index (χ1) is 8.70. The van der Waals surface area contributed by atoms with Gasteiger partial charge in [-0.2, -0.15) is 0 Å². The maximum absolute atomic E-state index is 10.9. The first-order valence-electron chi connectivity index (χ1n) is 5.81. The summed E-state index contributed by atoms with van der Waals surface area (Å²) in [6.07, 6.45) is -0.183. The third-order valence-electron chi connectivity index (χ3n) is 3.04. The number of nitrogens with zero attached hydrogens (tertiary/aromatic N) is 1. The van der Waals surface area contributed by atoms with Crippen molar-refractivity contribution in [3.63, 3.8) is 0 Å². The topological polar surface area (TPSA) is 66.8 Å². The van der Waals surface area contributed by atoms with E-state index >= 15 is 0 Å². The average Bonchev–Trinajstić information content (AvgIpc) is 2.81. The van der Waals surface area contributed by atoms with Crippen LogP contribution < -0.4 is 0 Å². The molecule has 1 fully saturated rings. The summed E-state index contributed by atoms with van der Waals surface area (Å²) < 4.78 is 5.64. The Kier molecular flexibility index (Phi) is 3.94. The highest BCUT2D eigenvalue weighted by Gasteiger charge is 2.35. The number of amides is 1. The minimum absolute atomic E-state index is 0.212. The molecule has 96 valence electrons. The highest BCUT2D eigenvalue weighted by Crippen LogP contribution is 2.20. The molecule has 1 aliphatic rings. The first kappa shape index (κ1) is 12.6. The quantitative estimate of drug-likeness (QED) is 0.822. The van der Waals surface area contributed by atoms with Gasteiger partial charge in [-0.1, -0.05) is 30.3 Å². The Balaban J connectivity index is 1.88. The van der Waals surface area contributed by atoms with E-state index in [4.69, 9.17) is 9.84 Å². The fourth-order valence-electron chi connectivity index (χ4n) is 2.08. The molecule has 0 aromatic heterocycles. The van der Waals surface area contributed by atoms with Crippen LogP contribution in [-0.2, 0) is 16.1 Å². The van der Waals surface area contributed by atoms with Crippen molar-refractivity contribution in [3.05, 3.63) is 35.9 Å². The van der Waals surface area contributed by atoms with Gasteiger partial charge >= 0.3 is 6.09 Å². The molecule has 0 aliphatic carbocycles. The molecule has 18 heavy (non-hydrogen) atoms. The zero-order valence-electron chi connectivity index (χ0n) is 9.86. The number of carbonyl (C=O) groups excluding carboxylic acids is 1. The lowest BCUT2D eigenvalue weighted by atomic mass is 10.2. The minimum atomic E-state index is -1.07. The van der Waals surface area contributed by atoms with Gasteiger partial charge in [0, 0.05) is 6.42 Å². The number of ether oxygens (including phenoxy) is 1. The van der Waals surface area contributed by atoms with E-state index in [1.807, 2.05) is 30.3 Å². The van der Waals surface area contributed by atoms with Crippen LogP contribution in [0.3, 0.4) is 0 Å². The van der Waals surface area contributed by atoms with E-state index in [1.165, 1.54) is 0 Å². The smallest absolute Gasteiger partial charge is 0.407 e. The molecule has 2 rings (SSSR count). The van der Waals surface area contributed by atoms with Gasteiger partial charge in [-0.15, -0.1) is 0 Å². The summed E-state index contributed by atoms with van der Waals surface area (Å²) in [5.74, 6) is 0. The van der Waals surface area contributed by atoms with Crippen molar-refractivity contribution in [2.75, 3.05) is 6.54 Å². The van der Waals surface area contributed by atoms with Crippen LogP contribution in [0, 0.1) is 0 Å². The van der Waals surface area contributed by atoms with Gasteiger partial charge in [0.25, 0.3) is 0 Å². The minimum Gasteiger partial charge on any atom is -0.465 e. The Bertz CT molecular complexity index is 420. The van der Waals surface area contributed by atoms with Gasteiger partial charge in [0.15, 0.2) is 0 Å². The molecule has 1 aliphatic heterocycles. The number of hydrogen-bond acceptors (Lipinski definition) is 3. The second-order valence-corrected chi connectivity index (χ2v) is 4.29. The zero-order chi connectivity index (χ0) is 13.0. The summed E-state index contributed by atoms with van der Waals surface area (Å²) in [6, 6.07) is 9.08. The van der Waals surface area contributed by atoms with Gasteiger partial charge in [-0.05, 0) is 5.56 Å². The van der Waals surface area contributed by atoms with Crippen LogP contribution in [0.2, 0.25) is 0 Å². The Hall–Kier alpha value is -1.88. The van der Waals surface area contributed by atoms with Crippen molar-refractivity contribution < 1.29 is 19.4 Å². The predicted octanol–water partition coefficient (Wildman–Crippen LogP) is 1.52. The molecular weight excluding hydrogens is 234 g/mol. The lowest BCUT2D eigenvalue weighted by molar-refractivity contribution is -0.111. The molecule has 1 saturated heterocycles. The van der Waals surface area contributed by atoms with Crippen molar-refractivity contribution in [2.45, 2.75) is 25.2 Å². The van der Waals surface area contributed by atoms with Crippen molar-refractivity contribution >= 4 is 12.4 Å². The number of hydrogen-bond donors (Lipinski definition) is 1. The van der Waals surface area contributed by atoms with Crippen molar-refractivity contribution in [1.29, 1.82) is 0 Å². The standard InChI is InChI=1S/C13H15NO4/c15-8-11-6-12(7-14(11)13(16)17)18-9-10-4-2-1-3-5-10/h1-5,8,11-12H,6-7,9H2,(H,16,17)/t11-,12-/m1/s1. The Morgan fingerprint density at radius 2 is 2.17 bits per heavy atom. The number of carboxylic acid groups (broad SMARTS) is 1. The molecule has 0 spiro atoms. The van der Waals surface area contributed by atoms with Crippen LogP contribution in [0.25, 0.3) is 0 Å². The lowest BCUT2D eigenvalue weighted by Crippen LogP contribution is -2.35. The van der Waals surface area contributed by atoms with E-state index in [0.29, 0.717) is 19.3 Å². The number of aldehydes is 1. The van der Waals surface area contributed by atoms with Gasteiger partial charge in [-0.25, -0.2) is 4.79 Å². The van der Waals surface area contributed by atoms with Crippen molar-refractivity contribution in [1.82, 2.24) is 4.90 Å². The highest BCUT2D eigenvalue weighted by atomic mass is 16.5. The molecule has 5 heteroatoms. The van der Waals surface area contributed by atoms with Crippen LogP contribution in [0.1, 0.15) is 12.0 Å². The van der Waals surface area contributed by atoms with Gasteiger partial charge in [0.05, 0.1) is 25.3 Å². The molecule has 2 atom stereocenters. The predicted molar refractivity (Wildman–Crippen MR) is 64.2 cm³/mol. The summed E-state index contributed by atoms with van der Waals surface area (Å²) in [6.45, 7) is 0.691. The molecular formula is C13H15NO4. The van der Waals surface area contributed by atoms with Crippen LogP contribution in [0.5, 0.6) is 0 Å². The van der Waals surface area contributed by atoms with Crippen molar-refractivity contribution in [3.8, 4) is 0 Å².